The Morgan fingerprint density at radius 2 is 1.77 bits per heavy atom. The van der Waals surface area contributed by atoms with Crippen molar-refractivity contribution in [1.82, 2.24) is 4.98 Å². The number of aromatic nitrogens is 1. The van der Waals surface area contributed by atoms with E-state index >= 15 is 0 Å². The smallest absolute Gasteiger partial charge is 0.103 e. The number of nitrogens with zero attached hydrogens (tertiary/aromatic N) is 2. The van der Waals surface area contributed by atoms with E-state index in [1.54, 1.807) is 6.20 Å². The van der Waals surface area contributed by atoms with Crippen LogP contribution in [0.2, 0.25) is 0 Å². The summed E-state index contributed by atoms with van der Waals surface area (Å²) in [7, 11) is 0. The molecular weight excluding hydrogens is 270 g/mol. The van der Waals surface area contributed by atoms with Crippen LogP contribution in [0.25, 0.3) is 10.9 Å². The molecule has 1 N–H and O–H groups in total. The molecule has 0 radical (unpaired) electrons. The van der Waals surface area contributed by atoms with Gasteiger partial charge >= 0.3 is 0 Å². The average molecular weight is 295 g/mol. The van der Waals surface area contributed by atoms with Crippen molar-refractivity contribution in [2.75, 3.05) is 11.9 Å². The summed E-state index contributed by atoms with van der Waals surface area (Å²) in [6, 6.07) is 10.2. The molecule has 1 aromatic carbocycles. The Balaban J connectivity index is 1.87. The molecule has 0 saturated carbocycles. The second-order valence-electron chi connectivity index (χ2n) is 5.72. The lowest BCUT2D eigenvalue weighted by Crippen LogP contribution is -2.04. The normalized spacial score (nSPS) is 10.5. The maximum atomic E-state index is 9.27. The number of benzene rings is 1. The zero-order valence-corrected chi connectivity index (χ0v) is 13.4. The SMILES string of the molecule is CCCCCCCCCNc1c(C#N)cnc2ccccc12. The van der Waals surface area contributed by atoms with Crippen LogP contribution in [0.15, 0.2) is 30.5 Å². The fourth-order valence-electron chi connectivity index (χ4n) is 2.71. The number of rotatable bonds is 9. The van der Waals surface area contributed by atoms with E-state index in [0.717, 1.165) is 29.6 Å². The lowest BCUT2D eigenvalue weighted by molar-refractivity contribution is 0.596. The van der Waals surface area contributed by atoms with E-state index in [9.17, 15) is 5.26 Å². The molecule has 0 aliphatic rings. The van der Waals surface area contributed by atoms with E-state index in [2.05, 4.69) is 23.3 Å². The average Bonchev–Trinajstić information content (AvgIpc) is 2.57. The fourth-order valence-corrected chi connectivity index (χ4v) is 2.71. The zero-order valence-electron chi connectivity index (χ0n) is 13.4. The third kappa shape index (κ3) is 4.46. The van der Waals surface area contributed by atoms with Crippen molar-refractivity contribution in [1.29, 1.82) is 5.26 Å². The first-order valence-electron chi connectivity index (χ1n) is 8.38. The molecule has 0 amide bonds. The first-order chi connectivity index (χ1) is 10.9. The monoisotopic (exact) mass is 295 g/mol. The third-order valence-corrected chi connectivity index (χ3v) is 3.98. The summed E-state index contributed by atoms with van der Waals surface area (Å²) in [5, 5.41) is 13.7. The van der Waals surface area contributed by atoms with Gasteiger partial charge in [0.1, 0.15) is 6.07 Å². The molecule has 2 rings (SSSR count). The summed E-state index contributed by atoms with van der Waals surface area (Å²) >= 11 is 0. The Labute approximate surface area is 133 Å². The highest BCUT2D eigenvalue weighted by Gasteiger charge is 2.07. The molecule has 3 heteroatoms. The molecule has 0 atom stereocenters. The van der Waals surface area contributed by atoms with E-state index in [-0.39, 0.29) is 0 Å². The molecule has 0 aliphatic heterocycles. The molecule has 2 aromatic rings. The molecule has 0 fully saturated rings. The summed E-state index contributed by atoms with van der Waals surface area (Å²) in [5.74, 6) is 0. The first kappa shape index (κ1) is 16.3. The maximum absolute atomic E-state index is 9.27. The van der Waals surface area contributed by atoms with E-state index in [4.69, 9.17) is 0 Å². The van der Waals surface area contributed by atoms with Gasteiger partial charge in [-0.15, -0.1) is 0 Å². The van der Waals surface area contributed by atoms with Crippen LogP contribution in [0.4, 0.5) is 5.69 Å². The van der Waals surface area contributed by atoms with Crippen LogP contribution in [0.3, 0.4) is 0 Å². The van der Waals surface area contributed by atoms with Gasteiger partial charge in [-0.05, 0) is 12.5 Å². The number of pyridine rings is 1. The van der Waals surface area contributed by atoms with Gasteiger partial charge in [-0.25, -0.2) is 0 Å². The number of unbranched alkanes of at least 4 members (excludes halogenated alkanes) is 6. The summed E-state index contributed by atoms with van der Waals surface area (Å²) < 4.78 is 0. The van der Waals surface area contributed by atoms with Crippen molar-refractivity contribution < 1.29 is 0 Å². The second kappa shape index (κ2) is 9.04. The van der Waals surface area contributed by atoms with E-state index in [1.165, 1.54) is 38.5 Å². The number of nitrogens with one attached hydrogen (secondary N) is 1. The van der Waals surface area contributed by atoms with E-state index in [1.807, 2.05) is 24.3 Å². The fraction of sp³-hybridized carbons (Fsp3) is 0.474. The quantitative estimate of drug-likeness (QED) is 0.641. The number of fused-ring (bicyclic) bond motifs is 1. The van der Waals surface area contributed by atoms with Crippen molar-refractivity contribution >= 4 is 16.6 Å². The Hall–Kier alpha value is -2.08. The van der Waals surface area contributed by atoms with Gasteiger partial charge in [0.15, 0.2) is 0 Å². The summed E-state index contributed by atoms with van der Waals surface area (Å²) in [6.07, 6.45) is 10.7. The number of para-hydroxylation sites is 1. The molecular formula is C19H25N3. The molecule has 22 heavy (non-hydrogen) atoms. The van der Waals surface area contributed by atoms with Gasteiger partial charge in [0.25, 0.3) is 0 Å². The second-order valence-corrected chi connectivity index (χ2v) is 5.72. The van der Waals surface area contributed by atoms with Crippen LogP contribution >= 0.6 is 0 Å². The number of nitriles is 1. The summed E-state index contributed by atoms with van der Waals surface area (Å²) in [6.45, 7) is 3.16. The Morgan fingerprint density at radius 1 is 1.05 bits per heavy atom. The van der Waals surface area contributed by atoms with Gasteiger partial charge < -0.3 is 5.32 Å². The third-order valence-electron chi connectivity index (χ3n) is 3.98. The first-order valence-corrected chi connectivity index (χ1v) is 8.38. The minimum Gasteiger partial charge on any atom is -0.383 e. The molecule has 0 unspecified atom stereocenters. The Bertz CT molecular complexity index is 628. The zero-order chi connectivity index (χ0) is 15.6. The highest BCUT2D eigenvalue weighted by Crippen LogP contribution is 2.25. The molecule has 0 saturated heterocycles. The molecule has 1 heterocycles. The molecule has 0 aliphatic carbocycles. The van der Waals surface area contributed by atoms with Crippen molar-refractivity contribution in [2.24, 2.45) is 0 Å². The maximum Gasteiger partial charge on any atom is 0.103 e. The van der Waals surface area contributed by atoms with Gasteiger partial charge in [-0.2, -0.15) is 5.26 Å². The molecule has 1 aromatic heterocycles. The number of hydrogen-bond donors (Lipinski definition) is 1. The lowest BCUT2D eigenvalue weighted by Gasteiger charge is -2.11. The topological polar surface area (TPSA) is 48.7 Å². The van der Waals surface area contributed by atoms with Crippen molar-refractivity contribution in [3.63, 3.8) is 0 Å². The highest BCUT2D eigenvalue weighted by atomic mass is 14.9. The standard InChI is InChI=1S/C19H25N3/c1-2-3-4-5-6-7-10-13-21-19-16(14-20)15-22-18-12-9-8-11-17(18)19/h8-9,11-12,15H,2-7,10,13H2,1H3,(H,21,22). The molecule has 116 valence electrons. The van der Waals surface area contributed by atoms with Crippen molar-refractivity contribution in [3.8, 4) is 6.07 Å². The molecule has 0 spiro atoms. The van der Waals surface area contributed by atoms with Crippen LogP contribution in [0.5, 0.6) is 0 Å². The molecule has 0 bridgehead atoms. The predicted molar refractivity (Wildman–Crippen MR) is 92.9 cm³/mol. The van der Waals surface area contributed by atoms with Crippen LogP contribution in [0, 0.1) is 11.3 Å². The minimum atomic E-state index is 0.627. The van der Waals surface area contributed by atoms with Crippen LogP contribution in [0.1, 0.15) is 57.4 Å². The Morgan fingerprint density at radius 3 is 2.55 bits per heavy atom. The summed E-state index contributed by atoms with van der Waals surface area (Å²) in [5.41, 5.74) is 2.49. The largest absolute Gasteiger partial charge is 0.383 e. The lowest BCUT2D eigenvalue weighted by atomic mass is 10.1. The van der Waals surface area contributed by atoms with Gasteiger partial charge in [0.05, 0.1) is 16.8 Å². The van der Waals surface area contributed by atoms with Crippen LogP contribution in [-0.4, -0.2) is 11.5 Å². The van der Waals surface area contributed by atoms with Gasteiger partial charge in [-0.1, -0.05) is 63.6 Å². The van der Waals surface area contributed by atoms with Gasteiger partial charge in [0.2, 0.25) is 0 Å². The minimum absolute atomic E-state index is 0.627. The van der Waals surface area contributed by atoms with Gasteiger partial charge in [0, 0.05) is 18.1 Å². The van der Waals surface area contributed by atoms with Crippen LogP contribution in [-0.2, 0) is 0 Å². The van der Waals surface area contributed by atoms with Crippen LogP contribution < -0.4 is 5.32 Å². The van der Waals surface area contributed by atoms with Crippen molar-refractivity contribution in [2.45, 2.75) is 51.9 Å². The highest BCUT2D eigenvalue weighted by molar-refractivity contribution is 5.93. The van der Waals surface area contributed by atoms with Crippen molar-refractivity contribution in [3.05, 3.63) is 36.0 Å². The molecule has 3 nitrogen and oxygen atoms in total. The van der Waals surface area contributed by atoms with E-state index in [0.29, 0.717) is 5.56 Å². The predicted octanol–water partition coefficient (Wildman–Crippen LogP) is 5.27. The number of hydrogen-bond acceptors (Lipinski definition) is 3. The van der Waals surface area contributed by atoms with Gasteiger partial charge in [-0.3, -0.25) is 4.98 Å². The van der Waals surface area contributed by atoms with E-state index < -0.39 is 0 Å². The summed E-state index contributed by atoms with van der Waals surface area (Å²) in [4.78, 5) is 4.34. The number of anilines is 1. The Kier molecular flexibility index (Phi) is 6.70.